The third-order valence-electron chi connectivity index (χ3n) is 1.36. The number of hydrogen-bond donors (Lipinski definition) is 5. The van der Waals surface area contributed by atoms with Gasteiger partial charge < -0.3 is 20.2 Å². The molecule has 6 N–H and O–H groups in total. The maximum atomic E-state index is 10.1. The molecule has 0 fully saturated rings. The first-order valence-electron chi connectivity index (χ1n) is 5.36. The van der Waals surface area contributed by atoms with Crippen LogP contribution >= 0.6 is 7.60 Å². The lowest BCUT2D eigenvalue weighted by Gasteiger charge is -2.06. The lowest BCUT2D eigenvalue weighted by atomic mass is 10.3. The number of rotatable bonds is 6. The minimum absolute atomic E-state index is 0.439. The van der Waals surface area contributed by atoms with Crippen LogP contribution in [0.4, 0.5) is 0 Å². The Morgan fingerprint density at radius 2 is 1.65 bits per heavy atom. The largest absolute Gasteiger partial charge is 0.480 e. The first-order chi connectivity index (χ1) is 7.54. The highest BCUT2D eigenvalue weighted by Gasteiger charge is 2.11. The van der Waals surface area contributed by atoms with Crippen LogP contribution < -0.4 is 10.6 Å². The van der Waals surface area contributed by atoms with Gasteiger partial charge in [-0.3, -0.25) is 14.7 Å². The fourth-order valence-electron chi connectivity index (χ4n) is 1.08. The second kappa shape index (κ2) is 9.56. The van der Waals surface area contributed by atoms with E-state index in [4.69, 9.17) is 14.9 Å². The summed E-state index contributed by atoms with van der Waals surface area (Å²) in [4.78, 5) is 26.1. The average Bonchev–Trinajstić information content (AvgIpc) is 1.97. The van der Waals surface area contributed by atoms with Gasteiger partial charge in [0, 0.05) is 0 Å². The van der Waals surface area contributed by atoms with Gasteiger partial charge >= 0.3 is 13.6 Å². The van der Waals surface area contributed by atoms with Gasteiger partial charge in [0.25, 0.3) is 0 Å². The normalized spacial score (nSPS) is 11.3. The SMILES string of the molecule is CC(C)[NH2+]C(C)C.O=C(O)CNCP(=O)(O)O. The smallest absolute Gasteiger partial charge is 0.339 e. The van der Waals surface area contributed by atoms with E-state index in [0.29, 0.717) is 0 Å². The molecule has 0 aliphatic rings. The van der Waals surface area contributed by atoms with Crippen molar-refractivity contribution in [2.24, 2.45) is 0 Å². The van der Waals surface area contributed by atoms with E-state index in [0.717, 1.165) is 12.1 Å². The third-order valence-corrected chi connectivity index (χ3v) is 2.00. The molecule has 0 bridgehead atoms. The van der Waals surface area contributed by atoms with Crippen LogP contribution in [0.25, 0.3) is 0 Å². The molecule has 0 saturated carbocycles. The fraction of sp³-hybridized carbons (Fsp3) is 0.889. The second-order valence-corrected chi connectivity index (χ2v) is 5.97. The summed E-state index contributed by atoms with van der Waals surface area (Å²) in [6.07, 6.45) is -0.598. The Balaban J connectivity index is 0. The van der Waals surface area contributed by atoms with Crippen LogP contribution in [-0.4, -0.2) is 45.8 Å². The molecule has 0 saturated heterocycles. The lowest BCUT2D eigenvalue weighted by Crippen LogP contribution is -2.92. The first kappa shape index (κ1) is 18.9. The predicted octanol–water partition coefficient (Wildman–Crippen LogP) is -0.838. The van der Waals surface area contributed by atoms with Crippen molar-refractivity contribution in [3.05, 3.63) is 0 Å². The van der Waals surface area contributed by atoms with Crippen LogP contribution in [-0.2, 0) is 9.36 Å². The Hall–Kier alpha value is -0.460. The zero-order valence-electron chi connectivity index (χ0n) is 10.8. The predicted molar refractivity (Wildman–Crippen MR) is 64.7 cm³/mol. The molecule has 0 aromatic rings. The van der Waals surface area contributed by atoms with Crippen molar-refractivity contribution in [2.45, 2.75) is 39.8 Å². The number of quaternary nitrogens is 1. The zero-order chi connectivity index (χ0) is 14.1. The lowest BCUT2D eigenvalue weighted by molar-refractivity contribution is -0.709. The molecule has 0 rings (SSSR count). The summed E-state index contributed by atoms with van der Waals surface area (Å²) in [5.41, 5.74) is 0. The molecule has 0 unspecified atom stereocenters. The first-order valence-corrected chi connectivity index (χ1v) is 7.16. The van der Waals surface area contributed by atoms with Crippen molar-refractivity contribution in [1.82, 2.24) is 5.32 Å². The van der Waals surface area contributed by atoms with Gasteiger partial charge in [0.1, 0.15) is 0 Å². The molecule has 0 spiro atoms. The highest BCUT2D eigenvalue weighted by Crippen LogP contribution is 2.31. The van der Waals surface area contributed by atoms with E-state index in [1.165, 1.54) is 0 Å². The summed E-state index contributed by atoms with van der Waals surface area (Å²) in [7, 11) is -4.10. The minimum Gasteiger partial charge on any atom is -0.480 e. The summed E-state index contributed by atoms with van der Waals surface area (Å²) < 4.78 is 10.1. The van der Waals surface area contributed by atoms with E-state index in [9.17, 15) is 9.36 Å². The van der Waals surface area contributed by atoms with Crippen molar-refractivity contribution in [1.29, 1.82) is 0 Å². The molecule has 0 amide bonds. The molecule has 0 atom stereocenters. The second-order valence-electron chi connectivity index (χ2n) is 4.32. The zero-order valence-corrected chi connectivity index (χ0v) is 11.6. The molecule has 0 aliphatic heterocycles. The highest BCUT2D eigenvalue weighted by molar-refractivity contribution is 7.51. The van der Waals surface area contributed by atoms with E-state index in [-0.39, 0.29) is 0 Å². The molecule has 0 aromatic heterocycles. The molecule has 104 valence electrons. The van der Waals surface area contributed by atoms with Gasteiger partial charge in [-0.05, 0) is 27.7 Å². The number of nitrogens with two attached hydrogens (primary N) is 1. The highest BCUT2D eigenvalue weighted by atomic mass is 31.2. The number of aliphatic carboxylic acids is 1. The van der Waals surface area contributed by atoms with Crippen molar-refractivity contribution in [3.63, 3.8) is 0 Å². The third kappa shape index (κ3) is 25.6. The van der Waals surface area contributed by atoms with Crippen LogP contribution in [0.1, 0.15) is 27.7 Å². The molecular formula is C9H24N2O5P+. The monoisotopic (exact) mass is 271 g/mol. The quantitative estimate of drug-likeness (QED) is 0.401. The van der Waals surface area contributed by atoms with Crippen molar-refractivity contribution in [3.8, 4) is 0 Å². The Labute approximate surface area is 102 Å². The van der Waals surface area contributed by atoms with Gasteiger partial charge in [-0.15, -0.1) is 0 Å². The number of hydrogen-bond acceptors (Lipinski definition) is 3. The van der Waals surface area contributed by atoms with Gasteiger partial charge in [0.2, 0.25) is 0 Å². The summed E-state index contributed by atoms with van der Waals surface area (Å²) in [5, 5.41) is 12.4. The maximum absolute atomic E-state index is 10.1. The number of carbonyl (C=O) groups is 1. The number of nitrogens with one attached hydrogen (secondary N) is 1. The summed E-state index contributed by atoms with van der Waals surface area (Å²) >= 11 is 0. The van der Waals surface area contributed by atoms with Crippen molar-refractivity contribution >= 4 is 13.6 Å². The average molecular weight is 271 g/mol. The fourth-order valence-corrected chi connectivity index (χ4v) is 1.48. The van der Waals surface area contributed by atoms with E-state index < -0.39 is 26.4 Å². The topological polar surface area (TPSA) is 123 Å². The Morgan fingerprint density at radius 3 is 1.82 bits per heavy atom. The van der Waals surface area contributed by atoms with Crippen LogP contribution in [0, 0.1) is 0 Å². The Bertz CT molecular complexity index is 246. The van der Waals surface area contributed by atoms with E-state index in [1.54, 1.807) is 0 Å². The van der Waals surface area contributed by atoms with Gasteiger partial charge in [0.05, 0.1) is 24.9 Å². The van der Waals surface area contributed by atoms with Gasteiger partial charge in [-0.1, -0.05) is 0 Å². The molecular weight excluding hydrogens is 247 g/mol. The maximum Gasteiger partial charge on any atom is 0.339 e. The molecule has 0 aliphatic carbocycles. The van der Waals surface area contributed by atoms with Crippen LogP contribution in [0.5, 0.6) is 0 Å². The number of carboxylic acid groups (broad SMARTS) is 1. The van der Waals surface area contributed by atoms with E-state index in [2.05, 4.69) is 38.3 Å². The summed E-state index contributed by atoms with van der Waals surface area (Å²) in [5.74, 6) is -1.14. The van der Waals surface area contributed by atoms with Crippen LogP contribution in [0.3, 0.4) is 0 Å². The Morgan fingerprint density at radius 1 is 1.24 bits per heavy atom. The molecule has 0 heterocycles. The molecule has 17 heavy (non-hydrogen) atoms. The van der Waals surface area contributed by atoms with Crippen LogP contribution in [0.15, 0.2) is 0 Å². The minimum atomic E-state index is -4.10. The van der Waals surface area contributed by atoms with Crippen LogP contribution in [0.2, 0.25) is 0 Å². The Kier molecular flexibility index (Phi) is 10.6. The van der Waals surface area contributed by atoms with E-state index >= 15 is 0 Å². The number of carboxylic acids is 1. The molecule has 0 radical (unpaired) electrons. The van der Waals surface area contributed by atoms with E-state index in [1.807, 2.05) is 0 Å². The summed E-state index contributed by atoms with van der Waals surface area (Å²) in [6, 6.07) is 1.50. The van der Waals surface area contributed by atoms with Crippen molar-refractivity contribution in [2.75, 3.05) is 12.8 Å². The molecule has 7 nitrogen and oxygen atoms in total. The van der Waals surface area contributed by atoms with Gasteiger partial charge in [-0.25, -0.2) is 0 Å². The van der Waals surface area contributed by atoms with Gasteiger partial charge in [0.15, 0.2) is 0 Å². The molecule has 0 aromatic carbocycles. The summed E-state index contributed by atoms with van der Waals surface area (Å²) in [6.45, 7) is 8.39. The standard InChI is InChI=1S/C6H15N.C3H8NO5P/c1-5(2)7-6(3)4;5-3(6)1-4-2-10(7,8)9/h5-7H,1-4H3;4H,1-2H2,(H,5,6)(H2,7,8,9)/p+1. The van der Waals surface area contributed by atoms with Gasteiger partial charge in [-0.2, -0.15) is 0 Å². The van der Waals surface area contributed by atoms with Crippen molar-refractivity contribution < 1.29 is 29.6 Å². The molecule has 8 heteroatoms.